The van der Waals surface area contributed by atoms with Crippen LogP contribution in [0.2, 0.25) is 0 Å². The molecule has 1 N–H and O–H groups in total. The molecule has 3 rings (SSSR count). The van der Waals surface area contributed by atoms with Gasteiger partial charge in [0, 0.05) is 18.7 Å². The van der Waals surface area contributed by atoms with Gasteiger partial charge in [0.05, 0.1) is 4.90 Å². The van der Waals surface area contributed by atoms with Crippen LogP contribution < -0.4 is 4.83 Å². The number of carbonyl (C=O) groups excluding carboxylic acids is 1. The Hall–Kier alpha value is -2.67. The third-order valence-corrected chi connectivity index (χ3v) is 5.73. The first-order valence-electron chi connectivity index (χ1n) is 8.98. The molecule has 1 amide bonds. The third kappa shape index (κ3) is 4.74. The van der Waals surface area contributed by atoms with E-state index in [2.05, 4.69) is 9.93 Å². The summed E-state index contributed by atoms with van der Waals surface area (Å²) in [5.41, 5.74) is 1.65. The van der Waals surface area contributed by atoms with Gasteiger partial charge in [0.15, 0.2) is 5.71 Å². The van der Waals surface area contributed by atoms with Gasteiger partial charge in [0.2, 0.25) is 0 Å². The number of nitrogens with zero attached hydrogens (tertiary/aromatic N) is 2. The van der Waals surface area contributed by atoms with E-state index in [0.717, 1.165) is 24.8 Å². The van der Waals surface area contributed by atoms with Crippen LogP contribution in [-0.2, 0) is 14.8 Å². The van der Waals surface area contributed by atoms with E-state index < -0.39 is 10.0 Å². The van der Waals surface area contributed by atoms with Gasteiger partial charge < -0.3 is 4.90 Å². The van der Waals surface area contributed by atoms with Gasteiger partial charge in [-0.3, -0.25) is 4.79 Å². The Kier molecular flexibility index (Phi) is 5.91. The largest absolute Gasteiger partial charge is 0.337 e. The Balaban J connectivity index is 1.90. The van der Waals surface area contributed by atoms with Crippen LogP contribution in [0.3, 0.4) is 0 Å². The molecular formula is C20H23N3O3S. The molecule has 0 radical (unpaired) electrons. The SMILES string of the molecule is Cc1ccc(S(=O)(=O)N/N=C(\C(=O)N2CCCCC2)c2ccccc2)cc1. The minimum atomic E-state index is -3.85. The van der Waals surface area contributed by atoms with Crippen LogP contribution in [0.15, 0.2) is 64.6 Å². The summed E-state index contributed by atoms with van der Waals surface area (Å²) in [4.78, 5) is 17.0. The molecule has 2 aromatic carbocycles. The summed E-state index contributed by atoms with van der Waals surface area (Å²) in [6.07, 6.45) is 2.99. The van der Waals surface area contributed by atoms with Gasteiger partial charge in [-0.15, -0.1) is 0 Å². The van der Waals surface area contributed by atoms with Crippen molar-refractivity contribution in [1.82, 2.24) is 9.73 Å². The Morgan fingerprint density at radius 2 is 1.59 bits per heavy atom. The lowest BCUT2D eigenvalue weighted by Gasteiger charge is -2.27. The monoisotopic (exact) mass is 385 g/mol. The summed E-state index contributed by atoms with van der Waals surface area (Å²) in [7, 11) is -3.85. The summed E-state index contributed by atoms with van der Waals surface area (Å²) in [6.45, 7) is 3.21. The maximum Gasteiger partial charge on any atom is 0.276 e. The first-order valence-corrected chi connectivity index (χ1v) is 10.5. The Morgan fingerprint density at radius 1 is 0.963 bits per heavy atom. The maximum absolute atomic E-state index is 13.0. The van der Waals surface area contributed by atoms with Crippen molar-refractivity contribution in [3.63, 3.8) is 0 Å². The minimum absolute atomic E-state index is 0.105. The van der Waals surface area contributed by atoms with Crippen LogP contribution in [0.1, 0.15) is 30.4 Å². The van der Waals surface area contributed by atoms with Crippen LogP contribution in [0.5, 0.6) is 0 Å². The molecule has 7 heteroatoms. The standard InChI is InChI=1S/C20H23N3O3S/c1-16-10-12-18(13-11-16)27(25,26)22-21-19(17-8-4-2-5-9-17)20(24)23-14-6-3-7-15-23/h2,4-5,8-13,22H,3,6-7,14-15H2,1H3/b21-19-. The Morgan fingerprint density at radius 3 is 2.22 bits per heavy atom. The van der Waals surface area contributed by atoms with Crippen LogP contribution in [0.25, 0.3) is 0 Å². The number of sulfonamides is 1. The number of nitrogens with one attached hydrogen (secondary N) is 1. The molecule has 0 saturated carbocycles. The molecule has 1 aliphatic rings. The van der Waals surface area contributed by atoms with E-state index in [1.807, 2.05) is 13.0 Å². The summed E-state index contributed by atoms with van der Waals surface area (Å²) in [6, 6.07) is 15.4. The average molecular weight is 385 g/mol. The number of hydrogen-bond acceptors (Lipinski definition) is 4. The topological polar surface area (TPSA) is 78.8 Å². The molecule has 0 bridgehead atoms. The summed E-state index contributed by atoms with van der Waals surface area (Å²) in [5.74, 6) is -0.257. The lowest BCUT2D eigenvalue weighted by atomic mass is 10.1. The number of likely N-dealkylation sites (tertiary alicyclic amines) is 1. The first kappa shape index (κ1) is 19.1. The number of rotatable bonds is 5. The summed E-state index contributed by atoms with van der Waals surface area (Å²) in [5, 5.41) is 4.03. The van der Waals surface area contributed by atoms with E-state index in [1.54, 1.807) is 41.3 Å². The molecular weight excluding hydrogens is 362 g/mol. The van der Waals surface area contributed by atoms with E-state index in [9.17, 15) is 13.2 Å². The molecule has 0 spiro atoms. The van der Waals surface area contributed by atoms with Crippen molar-refractivity contribution in [2.45, 2.75) is 31.1 Å². The Bertz CT molecular complexity index is 917. The minimum Gasteiger partial charge on any atom is -0.337 e. The van der Waals surface area contributed by atoms with Gasteiger partial charge in [0.1, 0.15) is 0 Å². The lowest BCUT2D eigenvalue weighted by molar-refractivity contribution is -0.124. The van der Waals surface area contributed by atoms with Crippen molar-refractivity contribution < 1.29 is 13.2 Å². The van der Waals surface area contributed by atoms with Crippen LogP contribution in [0, 0.1) is 6.92 Å². The zero-order valence-corrected chi connectivity index (χ0v) is 16.1. The predicted octanol–water partition coefficient (Wildman–Crippen LogP) is 2.69. The summed E-state index contributed by atoms with van der Waals surface area (Å²) >= 11 is 0. The second-order valence-corrected chi connectivity index (χ2v) is 8.25. The smallest absolute Gasteiger partial charge is 0.276 e. The van der Waals surface area contributed by atoms with Crippen molar-refractivity contribution in [2.75, 3.05) is 13.1 Å². The fourth-order valence-corrected chi connectivity index (χ4v) is 3.77. The zero-order valence-electron chi connectivity index (χ0n) is 15.3. The van der Waals surface area contributed by atoms with Gasteiger partial charge in [-0.05, 0) is 38.3 Å². The van der Waals surface area contributed by atoms with Crippen molar-refractivity contribution >= 4 is 21.6 Å². The van der Waals surface area contributed by atoms with Gasteiger partial charge in [-0.1, -0.05) is 48.0 Å². The molecule has 0 atom stereocenters. The molecule has 1 heterocycles. The first-order chi connectivity index (χ1) is 13.0. The van der Waals surface area contributed by atoms with E-state index in [4.69, 9.17) is 0 Å². The summed E-state index contributed by atoms with van der Waals surface area (Å²) < 4.78 is 25.1. The number of carbonyl (C=O) groups is 1. The average Bonchev–Trinajstić information content (AvgIpc) is 2.70. The highest BCUT2D eigenvalue weighted by molar-refractivity contribution is 7.89. The maximum atomic E-state index is 13.0. The van der Waals surface area contributed by atoms with E-state index in [1.165, 1.54) is 12.1 Å². The highest BCUT2D eigenvalue weighted by atomic mass is 32.2. The van der Waals surface area contributed by atoms with E-state index >= 15 is 0 Å². The van der Waals surface area contributed by atoms with Crippen molar-refractivity contribution in [2.24, 2.45) is 5.10 Å². The van der Waals surface area contributed by atoms with Crippen LogP contribution in [-0.4, -0.2) is 38.0 Å². The second-order valence-electron chi connectivity index (χ2n) is 6.59. The van der Waals surface area contributed by atoms with Crippen molar-refractivity contribution in [3.05, 3.63) is 65.7 Å². The van der Waals surface area contributed by atoms with Crippen molar-refractivity contribution in [3.8, 4) is 0 Å². The number of amides is 1. The molecule has 1 fully saturated rings. The normalized spacial score (nSPS) is 15.4. The predicted molar refractivity (Wildman–Crippen MR) is 105 cm³/mol. The van der Waals surface area contributed by atoms with Crippen LogP contribution in [0.4, 0.5) is 0 Å². The molecule has 142 valence electrons. The highest BCUT2D eigenvalue weighted by Gasteiger charge is 2.24. The quantitative estimate of drug-likeness (QED) is 0.635. The third-order valence-electron chi connectivity index (χ3n) is 4.50. The number of hydrazone groups is 1. The highest BCUT2D eigenvalue weighted by Crippen LogP contribution is 2.13. The molecule has 6 nitrogen and oxygen atoms in total. The number of aryl methyl sites for hydroxylation is 1. The molecule has 0 aromatic heterocycles. The Labute approximate surface area is 159 Å². The van der Waals surface area contributed by atoms with Gasteiger partial charge >= 0.3 is 0 Å². The van der Waals surface area contributed by atoms with Crippen molar-refractivity contribution in [1.29, 1.82) is 0 Å². The van der Waals surface area contributed by atoms with E-state index in [0.29, 0.717) is 18.7 Å². The molecule has 27 heavy (non-hydrogen) atoms. The van der Waals surface area contributed by atoms with Gasteiger partial charge in [-0.25, -0.2) is 0 Å². The van der Waals surface area contributed by atoms with Gasteiger partial charge in [0.25, 0.3) is 15.9 Å². The molecule has 2 aromatic rings. The van der Waals surface area contributed by atoms with Crippen LogP contribution >= 0.6 is 0 Å². The zero-order chi connectivity index (χ0) is 19.3. The number of benzene rings is 2. The molecule has 1 saturated heterocycles. The second kappa shape index (κ2) is 8.35. The number of hydrogen-bond donors (Lipinski definition) is 1. The fourth-order valence-electron chi connectivity index (χ4n) is 2.95. The lowest BCUT2D eigenvalue weighted by Crippen LogP contribution is -2.41. The fraction of sp³-hybridized carbons (Fsp3) is 0.300. The van der Waals surface area contributed by atoms with Gasteiger partial charge in [-0.2, -0.15) is 18.4 Å². The van der Waals surface area contributed by atoms with E-state index in [-0.39, 0.29) is 16.5 Å². The molecule has 0 unspecified atom stereocenters. The molecule has 0 aliphatic carbocycles. The molecule has 1 aliphatic heterocycles. The number of piperidine rings is 1.